The van der Waals surface area contributed by atoms with Crippen LogP contribution in [0.25, 0.3) is 11.4 Å². The average Bonchev–Trinajstić information content (AvgIpc) is 3.16. The van der Waals surface area contributed by atoms with Gasteiger partial charge in [0.25, 0.3) is 0 Å². The van der Waals surface area contributed by atoms with Crippen molar-refractivity contribution in [1.29, 1.82) is 0 Å². The molecule has 0 N–H and O–H groups in total. The van der Waals surface area contributed by atoms with Crippen LogP contribution in [0.5, 0.6) is 0 Å². The number of benzene rings is 2. The van der Waals surface area contributed by atoms with Gasteiger partial charge in [0.05, 0.1) is 4.90 Å². The first kappa shape index (κ1) is 20.8. The number of rotatable bonds is 5. The zero-order chi connectivity index (χ0) is 21.3. The zero-order valence-corrected chi connectivity index (χ0v) is 18.4. The highest BCUT2D eigenvalue weighted by molar-refractivity contribution is 7.89. The van der Waals surface area contributed by atoms with Gasteiger partial charge in [0.15, 0.2) is 0 Å². The van der Waals surface area contributed by atoms with E-state index >= 15 is 0 Å². The van der Waals surface area contributed by atoms with Crippen LogP contribution in [0.15, 0.2) is 51.9 Å². The number of aromatic nitrogens is 2. The molecule has 4 rings (SSSR count). The second-order valence-electron chi connectivity index (χ2n) is 8.17. The van der Waals surface area contributed by atoms with E-state index < -0.39 is 10.0 Å². The van der Waals surface area contributed by atoms with Gasteiger partial charge in [0.2, 0.25) is 21.7 Å². The van der Waals surface area contributed by atoms with E-state index in [-0.39, 0.29) is 5.92 Å². The summed E-state index contributed by atoms with van der Waals surface area (Å²) in [6.07, 6.45) is 2.35. The van der Waals surface area contributed by atoms with Crippen LogP contribution < -0.4 is 0 Å². The minimum absolute atomic E-state index is 0.157. The molecule has 0 bridgehead atoms. The van der Waals surface area contributed by atoms with E-state index in [1.165, 1.54) is 0 Å². The summed E-state index contributed by atoms with van der Waals surface area (Å²) in [6, 6.07) is 13.4. The predicted octanol–water partition coefficient (Wildman–Crippen LogP) is 4.31. The predicted molar refractivity (Wildman–Crippen MR) is 116 cm³/mol. The van der Waals surface area contributed by atoms with E-state index in [0.717, 1.165) is 35.1 Å². The fourth-order valence-corrected chi connectivity index (χ4v) is 5.92. The molecule has 2 heterocycles. The number of hydrogen-bond acceptors (Lipinski definition) is 5. The van der Waals surface area contributed by atoms with Crippen LogP contribution in [-0.2, 0) is 16.4 Å². The van der Waals surface area contributed by atoms with Gasteiger partial charge in [0.1, 0.15) is 0 Å². The van der Waals surface area contributed by atoms with Crippen LogP contribution >= 0.6 is 0 Å². The maximum Gasteiger partial charge on any atom is 0.243 e. The van der Waals surface area contributed by atoms with Crippen LogP contribution in [-0.4, -0.2) is 36.0 Å². The molecule has 1 saturated heterocycles. The normalized spacial score (nSPS) is 17.9. The SMILES string of the molecule is Cc1ccc(S(=O)(=O)N2CCCC(Cc3nc(-c4ccccc4C)no3)C2)c(C)c1. The quantitative estimate of drug-likeness (QED) is 0.609. The number of aryl methyl sites for hydroxylation is 3. The lowest BCUT2D eigenvalue weighted by Crippen LogP contribution is -2.40. The lowest BCUT2D eigenvalue weighted by molar-refractivity contribution is 0.247. The summed E-state index contributed by atoms with van der Waals surface area (Å²) in [4.78, 5) is 4.96. The molecule has 0 aliphatic carbocycles. The maximum atomic E-state index is 13.2. The average molecular weight is 426 g/mol. The highest BCUT2D eigenvalue weighted by atomic mass is 32.2. The van der Waals surface area contributed by atoms with Crippen LogP contribution in [0.4, 0.5) is 0 Å². The number of piperidine rings is 1. The Morgan fingerprint density at radius 3 is 2.67 bits per heavy atom. The fourth-order valence-electron chi connectivity index (χ4n) is 4.16. The third kappa shape index (κ3) is 4.18. The largest absolute Gasteiger partial charge is 0.339 e. The van der Waals surface area contributed by atoms with Crippen molar-refractivity contribution in [2.24, 2.45) is 5.92 Å². The third-order valence-corrected chi connectivity index (χ3v) is 7.77. The molecule has 0 radical (unpaired) electrons. The Balaban J connectivity index is 1.49. The van der Waals surface area contributed by atoms with E-state index in [2.05, 4.69) is 10.1 Å². The van der Waals surface area contributed by atoms with Crippen molar-refractivity contribution in [2.45, 2.75) is 44.9 Å². The second-order valence-corrected chi connectivity index (χ2v) is 10.1. The Morgan fingerprint density at radius 1 is 1.10 bits per heavy atom. The van der Waals surface area contributed by atoms with Crippen molar-refractivity contribution in [3.8, 4) is 11.4 Å². The van der Waals surface area contributed by atoms with Gasteiger partial charge >= 0.3 is 0 Å². The van der Waals surface area contributed by atoms with Gasteiger partial charge in [-0.15, -0.1) is 0 Å². The van der Waals surface area contributed by atoms with Crippen LogP contribution in [0, 0.1) is 26.7 Å². The summed E-state index contributed by atoms with van der Waals surface area (Å²) < 4.78 is 33.5. The van der Waals surface area contributed by atoms with Crippen molar-refractivity contribution < 1.29 is 12.9 Å². The van der Waals surface area contributed by atoms with Gasteiger partial charge in [-0.05, 0) is 56.7 Å². The first-order valence-corrected chi connectivity index (χ1v) is 11.7. The molecule has 6 nitrogen and oxygen atoms in total. The van der Waals surface area contributed by atoms with Crippen LogP contribution in [0.3, 0.4) is 0 Å². The molecule has 1 aliphatic rings. The van der Waals surface area contributed by atoms with Gasteiger partial charge in [-0.2, -0.15) is 9.29 Å². The van der Waals surface area contributed by atoms with Gasteiger partial charge in [-0.3, -0.25) is 0 Å². The Kier molecular flexibility index (Phi) is 5.75. The first-order chi connectivity index (χ1) is 14.3. The lowest BCUT2D eigenvalue weighted by Gasteiger charge is -2.31. The highest BCUT2D eigenvalue weighted by Gasteiger charge is 2.32. The Hall–Kier alpha value is -2.51. The molecule has 30 heavy (non-hydrogen) atoms. The molecule has 0 amide bonds. The third-order valence-electron chi connectivity index (χ3n) is 5.75. The van der Waals surface area contributed by atoms with Crippen LogP contribution in [0.1, 0.15) is 35.4 Å². The van der Waals surface area contributed by atoms with Crippen molar-refractivity contribution >= 4 is 10.0 Å². The fraction of sp³-hybridized carbons (Fsp3) is 0.391. The zero-order valence-electron chi connectivity index (χ0n) is 17.6. The van der Waals surface area contributed by atoms with Crippen molar-refractivity contribution in [2.75, 3.05) is 13.1 Å². The van der Waals surface area contributed by atoms with Crippen molar-refractivity contribution in [3.63, 3.8) is 0 Å². The summed E-state index contributed by atoms with van der Waals surface area (Å²) in [5.41, 5.74) is 3.89. The lowest BCUT2D eigenvalue weighted by atomic mass is 9.96. The summed E-state index contributed by atoms with van der Waals surface area (Å²) >= 11 is 0. The van der Waals surface area contributed by atoms with Gasteiger partial charge in [0, 0.05) is 25.1 Å². The standard InChI is InChI=1S/C23H27N3O3S/c1-16-10-11-21(18(3)13-16)30(27,28)26-12-6-8-19(15-26)14-22-24-23(25-29-22)20-9-5-4-7-17(20)2/h4-5,7,9-11,13,19H,6,8,12,14-15H2,1-3H3. The number of hydrogen-bond donors (Lipinski definition) is 0. The molecule has 1 fully saturated rings. The molecule has 1 aliphatic heterocycles. The molecule has 1 atom stereocenters. The van der Waals surface area contributed by atoms with Gasteiger partial charge in [-0.1, -0.05) is 47.1 Å². The van der Waals surface area contributed by atoms with Gasteiger partial charge < -0.3 is 4.52 Å². The minimum atomic E-state index is -3.51. The number of sulfonamides is 1. The van der Waals surface area contributed by atoms with Crippen molar-refractivity contribution in [3.05, 3.63) is 65.0 Å². The van der Waals surface area contributed by atoms with Gasteiger partial charge in [-0.25, -0.2) is 8.42 Å². The van der Waals surface area contributed by atoms with E-state index in [1.807, 2.05) is 57.2 Å². The summed E-state index contributed by atoms with van der Waals surface area (Å²) in [6.45, 7) is 6.85. The molecule has 3 aromatic rings. The Labute approximate surface area is 178 Å². The Bertz CT molecular complexity index is 1150. The molecule has 0 spiro atoms. The molecule has 7 heteroatoms. The smallest absolute Gasteiger partial charge is 0.243 e. The minimum Gasteiger partial charge on any atom is -0.339 e. The first-order valence-electron chi connectivity index (χ1n) is 10.3. The summed E-state index contributed by atoms with van der Waals surface area (Å²) in [5.74, 6) is 1.30. The Morgan fingerprint density at radius 2 is 1.90 bits per heavy atom. The monoisotopic (exact) mass is 425 g/mol. The molecular weight excluding hydrogens is 398 g/mol. The van der Waals surface area contributed by atoms with Crippen LogP contribution in [0.2, 0.25) is 0 Å². The van der Waals surface area contributed by atoms with E-state index in [0.29, 0.717) is 36.1 Å². The molecule has 1 unspecified atom stereocenters. The topological polar surface area (TPSA) is 76.3 Å². The molecular formula is C23H27N3O3S. The molecule has 2 aromatic carbocycles. The maximum absolute atomic E-state index is 13.2. The molecule has 0 saturated carbocycles. The molecule has 1 aromatic heterocycles. The molecule has 158 valence electrons. The van der Waals surface area contributed by atoms with E-state index in [1.54, 1.807) is 10.4 Å². The summed E-state index contributed by atoms with van der Waals surface area (Å²) in [7, 11) is -3.51. The van der Waals surface area contributed by atoms with Crippen molar-refractivity contribution in [1.82, 2.24) is 14.4 Å². The van der Waals surface area contributed by atoms with E-state index in [4.69, 9.17) is 4.52 Å². The highest BCUT2D eigenvalue weighted by Crippen LogP contribution is 2.28. The second kappa shape index (κ2) is 8.32. The number of nitrogens with zero attached hydrogens (tertiary/aromatic N) is 3. The van der Waals surface area contributed by atoms with E-state index in [9.17, 15) is 8.42 Å². The summed E-state index contributed by atoms with van der Waals surface area (Å²) in [5, 5.41) is 4.13.